The van der Waals surface area contributed by atoms with Gasteiger partial charge < -0.3 is 4.98 Å². The maximum Gasteiger partial charge on any atom is 0.333 e. The Kier molecular flexibility index (Phi) is 2.22. The van der Waals surface area contributed by atoms with Gasteiger partial charge in [0.1, 0.15) is 6.61 Å². The normalized spacial score (nSPS) is 11.7. The molecule has 0 saturated carbocycles. The van der Waals surface area contributed by atoms with Gasteiger partial charge in [0.05, 0.1) is 18.2 Å². The molecular weight excluding hydrogens is 170 g/mol. The molecule has 0 aromatic carbocycles. The molecule has 0 amide bonds. The first-order valence-corrected chi connectivity index (χ1v) is 4.19. The number of hydrogen-bond donors (Lipinski definition) is 2. The lowest BCUT2D eigenvalue weighted by Crippen LogP contribution is -2.15. The first-order chi connectivity index (χ1) is 5.08. The molecule has 0 unspecified atom stereocenters. The standard InChI is InChI=1S/C4H7N3O3S/c5-11(8,9)10-2-4-1-6-3-7-4/h1,3H,2H2,(H,6,7)(H2,5,8,9). The SMILES string of the molecule is NS(=O)(=O)OCc1cnc[nH]1. The highest BCUT2D eigenvalue weighted by molar-refractivity contribution is 7.84. The Morgan fingerprint density at radius 1 is 1.73 bits per heavy atom. The highest BCUT2D eigenvalue weighted by Crippen LogP contribution is 1.95. The fraction of sp³-hybridized carbons (Fsp3) is 0.250. The van der Waals surface area contributed by atoms with E-state index in [-0.39, 0.29) is 6.61 Å². The van der Waals surface area contributed by atoms with Gasteiger partial charge in [-0.2, -0.15) is 8.42 Å². The Morgan fingerprint density at radius 2 is 2.45 bits per heavy atom. The van der Waals surface area contributed by atoms with Crippen molar-refractivity contribution in [2.75, 3.05) is 0 Å². The number of aromatic amines is 1. The van der Waals surface area contributed by atoms with E-state index in [1.807, 2.05) is 0 Å². The fourth-order valence-electron chi connectivity index (χ4n) is 0.509. The minimum Gasteiger partial charge on any atom is -0.347 e. The van der Waals surface area contributed by atoms with Crippen LogP contribution in [0.2, 0.25) is 0 Å². The Bertz CT molecular complexity index is 303. The summed E-state index contributed by atoms with van der Waals surface area (Å²) in [5.41, 5.74) is 0.555. The molecule has 7 heteroatoms. The van der Waals surface area contributed by atoms with E-state index >= 15 is 0 Å². The van der Waals surface area contributed by atoms with Crippen LogP contribution in [0.1, 0.15) is 5.69 Å². The van der Waals surface area contributed by atoms with Crippen molar-refractivity contribution >= 4 is 10.3 Å². The van der Waals surface area contributed by atoms with Gasteiger partial charge in [0, 0.05) is 0 Å². The quantitative estimate of drug-likeness (QED) is 0.627. The van der Waals surface area contributed by atoms with Gasteiger partial charge >= 0.3 is 10.3 Å². The Labute approximate surface area is 63.6 Å². The Morgan fingerprint density at radius 3 is 2.91 bits per heavy atom. The molecule has 0 fully saturated rings. The first kappa shape index (κ1) is 8.18. The van der Waals surface area contributed by atoms with Crippen molar-refractivity contribution in [3.8, 4) is 0 Å². The number of nitrogens with one attached hydrogen (secondary N) is 1. The zero-order chi connectivity index (χ0) is 8.32. The maximum absolute atomic E-state index is 10.2. The van der Waals surface area contributed by atoms with Crippen molar-refractivity contribution in [1.29, 1.82) is 0 Å². The van der Waals surface area contributed by atoms with Gasteiger partial charge in [0.25, 0.3) is 0 Å². The molecule has 62 valence electrons. The van der Waals surface area contributed by atoms with Crippen LogP contribution in [0.5, 0.6) is 0 Å². The van der Waals surface area contributed by atoms with E-state index in [4.69, 9.17) is 0 Å². The van der Waals surface area contributed by atoms with Crippen LogP contribution in [0.15, 0.2) is 12.5 Å². The first-order valence-electron chi connectivity index (χ1n) is 2.72. The highest BCUT2D eigenvalue weighted by Gasteiger charge is 2.02. The lowest BCUT2D eigenvalue weighted by atomic mass is 10.5. The Balaban J connectivity index is 2.48. The number of hydrogen-bond acceptors (Lipinski definition) is 4. The van der Waals surface area contributed by atoms with Crippen LogP contribution in [-0.2, 0) is 21.1 Å². The molecule has 11 heavy (non-hydrogen) atoms. The summed E-state index contributed by atoms with van der Waals surface area (Å²) in [5.74, 6) is 0. The fourth-order valence-corrected chi connectivity index (χ4v) is 0.800. The third kappa shape index (κ3) is 3.12. The molecule has 0 atom stereocenters. The minimum atomic E-state index is -3.85. The molecule has 0 aliphatic carbocycles. The van der Waals surface area contributed by atoms with Crippen LogP contribution in [-0.4, -0.2) is 18.4 Å². The topological polar surface area (TPSA) is 98.1 Å². The molecule has 0 radical (unpaired) electrons. The third-order valence-corrected chi connectivity index (χ3v) is 1.38. The second kappa shape index (κ2) is 2.99. The van der Waals surface area contributed by atoms with Gasteiger partial charge in [-0.05, 0) is 0 Å². The number of nitrogens with two attached hydrogens (primary N) is 1. The minimum absolute atomic E-state index is 0.112. The summed E-state index contributed by atoms with van der Waals surface area (Å²) in [7, 11) is -3.85. The second-order valence-electron chi connectivity index (χ2n) is 1.83. The van der Waals surface area contributed by atoms with Gasteiger partial charge in [0.2, 0.25) is 0 Å². The summed E-state index contributed by atoms with van der Waals surface area (Å²) in [4.78, 5) is 6.31. The van der Waals surface area contributed by atoms with Crippen LogP contribution >= 0.6 is 0 Å². The Hall–Kier alpha value is -0.920. The smallest absolute Gasteiger partial charge is 0.333 e. The van der Waals surface area contributed by atoms with E-state index in [1.165, 1.54) is 12.5 Å². The van der Waals surface area contributed by atoms with Crippen molar-refractivity contribution in [3.63, 3.8) is 0 Å². The molecular formula is C4H7N3O3S. The van der Waals surface area contributed by atoms with Crippen molar-refractivity contribution in [1.82, 2.24) is 9.97 Å². The molecule has 0 aliphatic rings. The lowest BCUT2D eigenvalue weighted by Gasteiger charge is -1.95. The maximum atomic E-state index is 10.2. The van der Waals surface area contributed by atoms with Crippen molar-refractivity contribution in [2.45, 2.75) is 6.61 Å². The van der Waals surface area contributed by atoms with E-state index in [2.05, 4.69) is 19.3 Å². The molecule has 0 bridgehead atoms. The molecule has 1 rings (SSSR count). The number of nitrogens with zero attached hydrogens (tertiary/aromatic N) is 1. The predicted molar refractivity (Wildman–Crippen MR) is 36.5 cm³/mol. The van der Waals surface area contributed by atoms with Gasteiger partial charge in [-0.3, -0.25) is 4.18 Å². The highest BCUT2D eigenvalue weighted by atomic mass is 32.2. The number of imidazole rings is 1. The zero-order valence-electron chi connectivity index (χ0n) is 5.52. The monoisotopic (exact) mass is 177 g/mol. The van der Waals surface area contributed by atoms with Crippen molar-refractivity contribution in [2.24, 2.45) is 5.14 Å². The van der Waals surface area contributed by atoms with Crippen LogP contribution in [0.25, 0.3) is 0 Å². The molecule has 1 aromatic rings. The molecule has 6 nitrogen and oxygen atoms in total. The number of H-pyrrole nitrogens is 1. The average Bonchev–Trinajstić information content (AvgIpc) is 2.32. The largest absolute Gasteiger partial charge is 0.347 e. The lowest BCUT2D eigenvalue weighted by molar-refractivity contribution is 0.304. The van der Waals surface area contributed by atoms with Crippen molar-refractivity contribution in [3.05, 3.63) is 18.2 Å². The summed E-state index contributed by atoms with van der Waals surface area (Å²) in [6.07, 6.45) is 2.87. The van der Waals surface area contributed by atoms with Crippen molar-refractivity contribution < 1.29 is 12.6 Å². The van der Waals surface area contributed by atoms with E-state index in [1.54, 1.807) is 0 Å². The van der Waals surface area contributed by atoms with Crippen LogP contribution in [0.4, 0.5) is 0 Å². The number of rotatable bonds is 3. The van der Waals surface area contributed by atoms with E-state index in [0.717, 1.165) is 0 Å². The van der Waals surface area contributed by atoms with Gasteiger partial charge in [0.15, 0.2) is 0 Å². The summed E-state index contributed by atoms with van der Waals surface area (Å²) in [6, 6.07) is 0. The summed E-state index contributed by atoms with van der Waals surface area (Å²) < 4.78 is 24.7. The average molecular weight is 177 g/mol. The second-order valence-corrected chi connectivity index (χ2v) is 3.05. The van der Waals surface area contributed by atoms with Gasteiger partial charge in [-0.25, -0.2) is 10.1 Å². The van der Waals surface area contributed by atoms with Gasteiger partial charge in [-0.1, -0.05) is 0 Å². The summed E-state index contributed by atoms with van der Waals surface area (Å²) in [5, 5.41) is 4.57. The molecule has 1 aromatic heterocycles. The molecule has 0 spiro atoms. The summed E-state index contributed by atoms with van der Waals surface area (Å²) in [6.45, 7) is -0.112. The number of aromatic nitrogens is 2. The van der Waals surface area contributed by atoms with Crippen LogP contribution in [0.3, 0.4) is 0 Å². The molecule has 3 N–H and O–H groups in total. The van der Waals surface area contributed by atoms with E-state index in [0.29, 0.717) is 5.69 Å². The van der Waals surface area contributed by atoms with E-state index < -0.39 is 10.3 Å². The molecule has 1 heterocycles. The molecule has 0 aliphatic heterocycles. The predicted octanol–water partition coefficient (Wildman–Crippen LogP) is -0.870. The van der Waals surface area contributed by atoms with Crippen LogP contribution < -0.4 is 5.14 Å². The summed E-state index contributed by atoms with van der Waals surface area (Å²) >= 11 is 0. The molecule has 0 saturated heterocycles. The third-order valence-electron chi connectivity index (χ3n) is 0.934. The van der Waals surface area contributed by atoms with Gasteiger partial charge in [-0.15, -0.1) is 0 Å². The van der Waals surface area contributed by atoms with E-state index in [9.17, 15) is 8.42 Å². The zero-order valence-corrected chi connectivity index (χ0v) is 6.34. The van der Waals surface area contributed by atoms with Crippen LogP contribution in [0, 0.1) is 0 Å².